The van der Waals surface area contributed by atoms with Crippen LogP contribution in [0.15, 0.2) is 21.5 Å². The number of amides is 2. The molecule has 7 heteroatoms. The minimum Gasteiger partial charge on any atom is -0.441 e. The number of anilines is 1. The maximum Gasteiger partial charge on any atom is 0.293 e. The molecule has 2 fully saturated rings. The van der Waals surface area contributed by atoms with E-state index in [4.69, 9.17) is 9.15 Å². The second kappa shape index (κ2) is 6.80. The monoisotopic (exact) mass is 336 g/mol. The van der Waals surface area contributed by atoms with Gasteiger partial charge in [-0.3, -0.25) is 14.5 Å². The average molecular weight is 336 g/mol. The largest absolute Gasteiger partial charge is 0.441 e. The van der Waals surface area contributed by atoms with Gasteiger partial charge in [0.1, 0.15) is 5.76 Å². The Bertz CT molecular complexity index is 634. The lowest BCUT2D eigenvalue weighted by Crippen LogP contribution is -2.36. The number of hydrogen-bond acceptors (Lipinski definition) is 6. The van der Waals surface area contributed by atoms with Crippen molar-refractivity contribution in [2.45, 2.75) is 26.3 Å². The van der Waals surface area contributed by atoms with Gasteiger partial charge in [0.2, 0.25) is 0 Å². The molecule has 6 nitrogen and oxygen atoms in total. The zero-order valence-corrected chi connectivity index (χ0v) is 14.1. The van der Waals surface area contributed by atoms with Crippen LogP contribution in [0.25, 0.3) is 6.08 Å². The number of rotatable bonds is 4. The number of nitrogens with zero attached hydrogens (tertiary/aromatic N) is 2. The van der Waals surface area contributed by atoms with Crippen LogP contribution in [-0.2, 0) is 9.53 Å². The molecule has 0 aromatic carbocycles. The van der Waals surface area contributed by atoms with Crippen molar-refractivity contribution in [2.75, 3.05) is 31.2 Å². The fourth-order valence-electron chi connectivity index (χ4n) is 2.55. The molecule has 1 aromatic rings. The van der Waals surface area contributed by atoms with Gasteiger partial charge >= 0.3 is 0 Å². The van der Waals surface area contributed by atoms with E-state index >= 15 is 0 Å². The molecule has 1 aromatic heterocycles. The van der Waals surface area contributed by atoms with E-state index < -0.39 is 0 Å². The Morgan fingerprint density at radius 1 is 1.30 bits per heavy atom. The van der Waals surface area contributed by atoms with Crippen LogP contribution in [0.1, 0.15) is 26.0 Å². The fraction of sp³-hybridized carbons (Fsp3) is 0.500. The second-order valence-corrected chi connectivity index (χ2v) is 6.58. The number of carbonyl (C=O) groups excluding carboxylic acids is 2. The normalized spacial score (nSPS) is 22.3. The molecule has 2 saturated heterocycles. The van der Waals surface area contributed by atoms with E-state index in [1.54, 1.807) is 6.08 Å². The average Bonchev–Trinajstić information content (AvgIpc) is 3.13. The van der Waals surface area contributed by atoms with Gasteiger partial charge in [-0.25, -0.2) is 0 Å². The van der Waals surface area contributed by atoms with Crippen LogP contribution in [0, 0.1) is 0 Å². The Morgan fingerprint density at radius 2 is 2.04 bits per heavy atom. The molecule has 124 valence electrons. The predicted octanol–water partition coefficient (Wildman–Crippen LogP) is 2.95. The van der Waals surface area contributed by atoms with Crippen molar-refractivity contribution < 1.29 is 18.7 Å². The van der Waals surface area contributed by atoms with E-state index in [-0.39, 0.29) is 17.2 Å². The number of carbonyl (C=O) groups is 2. The van der Waals surface area contributed by atoms with Crippen molar-refractivity contribution in [3.05, 3.63) is 22.8 Å². The second-order valence-electron chi connectivity index (χ2n) is 5.58. The first-order chi connectivity index (χ1) is 11.1. The summed E-state index contributed by atoms with van der Waals surface area (Å²) in [6.45, 7) is 6.78. The zero-order valence-electron chi connectivity index (χ0n) is 13.3. The van der Waals surface area contributed by atoms with E-state index in [1.165, 1.54) is 4.90 Å². The van der Waals surface area contributed by atoms with Crippen LogP contribution >= 0.6 is 11.8 Å². The molecule has 1 atom stereocenters. The van der Waals surface area contributed by atoms with Crippen LogP contribution in [0.2, 0.25) is 0 Å². The highest BCUT2D eigenvalue weighted by atomic mass is 32.2. The first kappa shape index (κ1) is 16.1. The summed E-state index contributed by atoms with van der Waals surface area (Å²) in [7, 11) is 0. The van der Waals surface area contributed by atoms with Crippen LogP contribution in [0.5, 0.6) is 0 Å². The van der Waals surface area contributed by atoms with Gasteiger partial charge in [-0.05, 0) is 31.2 Å². The van der Waals surface area contributed by atoms with Gasteiger partial charge in [-0.1, -0.05) is 6.92 Å². The van der Waals surface area contributed by atoms with E-state index in [1.807, 2.05) is 26.0 Å². The molecule has 2 aliphatic rings. The smallest absolute Gasteiger partial charge is 0.293 e. The maximum absolute atomic E-state index is 12.4. The summed E-state index contributed by atoms with van der Waals surface area (Å²) in [6, 6.07) is 3.62. The number of hydrogen-bond donors (Lipinski definition) is 0. The van der Waals surface area contributed by atoms with Crippen molar-refractivity contribution >= 4 is 34.9 Å². The van der Waals surface area contributed by atoms with Gasteiger partial charge in [0, 0.05) is 31.3 Å². The quantitative estimate of drug-likeness (QED) is 0.788. The van der Waals surface area contributed by atoms with Crippen molar-refractivity contribution in [3.63, 3.8) is 0 Å². The topological polar surface area (TPSA) is 63.0 Å². The molecule has 23 heavy (non-hydrogen) atoms. The van der Waals surface area contributed by atoms with Crippen molar-refractivity contribution in [2.24, 2.45) is 0 Å². The maximum atomic E-state index is 12.4. The Labute approximate surface area is 139 Å². The van der Waals surface area contributed by atoms with Gasteiger partial charge in [0.05, 0.1) is 18.1 Å². The molecular formula is C16H20N2O4S. The minimum absolute atomic E-state index is 0.0890. The molecule has 0 bridgehead atoms. The first-order valence-electron chi connectivity index (χ1n) is 7.79. The Hall–Kier alpha value is -1.73. The van der Waals surface area contributed by atoms with Gasteiger partial charge in [-0.2, -0.15) is 0 Å². The molecule has 0 saturated carbocycles. The Morgan fingerprint density at radius 3 is 2.74 bits per heavy atom. The standard InChI is InChI=1S/C16H20N2O4S/c1-3-11(2)18-15(19)13(23-16(18)20)10-12-4-5-14(22-12)17-6-8-21-9-7-17/h4-5,10-11H,3,6-9H2,1-2H3. The van der Waals surface area contributed by atoms with Gasteiger partial charge in [0.15, 0.2) is 5.88 Å². The van der Waals surface area contributed by atoms with Crippen molar-refractivity contribution in [1.82, 2.24) is 4.90 Å². The fourth-order valence-corrected chi connectivity index (χ4v) is 3.46. The van der Waals surface area contributed by atoms with Crippen LogP contribution in [0.3, 0.4) is 0 Å². The number of morpholine rings is 1. The summed E-state index contributed by atoms with van der Waals surface area (Å²) < 4.78 is 11.1. The summed E-state index contributed by atoms with van der Waals surface area (Å²) in [5.41, 5.74) is 0. The zero-order chi connectivity index (χ0) is 16.4. The molecule has 2 aliphatic heterocycles. The third-order valence-electron chi connectivity index (χ3n) is 4.06. The highest BCUT2D eigenvalue weighted by molar-refractivity contribution is 8.18. The predicted molar refractivity (Wildman–Crippen MR) is 89.3 cm³/mol. The highest BCUT2D eigenvalue weighted by Crippen LogP contribution is 2.34. The molecule has 0 N–H and O–H groups in total. The third kappa shape index (κ3) is 3.30. The Balaban J connectivity index is 1.76. The van der Waals surface area contributed by atoms with E-state index in [2.05, 4.69) is 4.90 Å². The van der Waals surface area contributed by atoms with Crippen molar-refractivity contribution in [1.29, 1.82) is 0 Å². The SMILES string of the molecule is CCC(C)N1C(=O)SC(=Cc2ccc(N3CCOCC3)o2)C1=O. The number of imide groups is 1. The van der Waals surface area contributed by atoms with Crippen LogP contribution in [-0.4, -0.2) is 48.4 Å². The first-order valence-corrected chi connectivity index (χ1v) is 8.61. The van der Waals surface area contributed by atoms with Crippen molar-refractivity contribution in [3.8, 4) is 0 Å². The van der Waals surface area contributed by atoms with E-state index in [0.717, 1.165) is 37.2 Å². The molecular weight excluding hydrogens is 316 g/mol. The summed E-state index contributed by atoms with van der Waals surface area (Å²) in [6.07, 6.45) is 2.39. The molecule has 3 rings (SSSR count). The number of ether oxygens (including phenoxy) is 1. The molecule has 1 unspecified atom stereocenters. The molecule has 0 spiro atoms. The van der Waals surface area contributed by atoms with Crippen LogP contribution < -0.4 is 4.90 Å². The highest BCUT2D eigenvalue weighted by Gasteiger charge is 2.37. The summed E-state index contributed by atoms with van der Waals surface area (Å²) in [5, 5.41) is -0.212. The summed E-state index contributed by atoms with van der Waals surface area (Å²) in [4.78, 5) is 28.2. The van der Waals surface area contributed by atoms with E-state index in [9.17, 15) is 9.59 Å². The summed E-state index contributed by atoms with van der Waals surface area (Å²) in [5.74, 6) is 1.11. The molecule has 2 amide bonds. The van der Waals surface area contributed by atoms with Gasteiger partial charge in [0.25, 0.3) is 11.1 Å². The number of furan rings is 1. The summed E-state index contributed by atoms with van der Waals surface area (Å²) >= 11 is 0.970. The number of thioether (sulfide) groups is 1. The molecule has 0 radical (unpaired) electrons. The lowest BCUT2D eigenvalue weighted by atomic mass is 10.2. The van der Waals surface area contributed by atoms with Gasteiger partial charge in [-0.15, -0.1) is 0 Å². The Kier molecular flexibility index (Phi) is 4.77. The lowest BCUT2D eigenvalue weighted by Gasteiger charge is -2.26. The van der Waals surface area contributed by atoms with Gasteiger partial charge < -0.3 is 14.1 Å². The van der Waals surface area contributed by atoms with E-state index in [0.29, 0.717) is 23.9 Å². The third-order valence-corrected chi connectivity index (χ3v) is 4.95. The lowest BCUT2D eigenvalue weighted by molar-refractivity contribution is -0.124. The molecule has 0 aliphatic carbocycles. The molecule has 3 heterocycles. The minimum atomic E-state index is -0.237. The van der Waals surface area contributed by atoms with Crippen LogP contribution in [0.4, 0.5) is 10.7 Å².